The zero-order chi connectivity index (χ0) is 12.9. The van der Waals surface area contributed by atoms with Crippen LogP contribution in [0.15, 0.2) is 11.1 Å². The van der Waals surface area contributed by atoms with Crippen LogP contribution in [0.3, 0.4) is 0 Å². The Hall–Kier alpha value is -0.440. The number of methoxy groups -OCH3 is 1. The van der Waals surface area contributed by atoms with E-state index in [2.05, 4.69) is 30.8 Å². The van der Waals surface area contributed by atoms with Crippen LogP contribution in [0.1, 0.15) is 12.1 Å². The first kappa shape index (κ1) is 14.6. The summed E-state index contributed by atoms with van der Waals surface area (Å²) in [6.07, 6.45) is 1.96. The van der Waals surface area contributed by atoms with Gasteiger partial charge in [-0.15, -0.1) is 0 Å². The number of aromatic nitrogens is 2. The van der Waals surface area contributed by atoms with E-state index < -0.39 is 10.0 Å². The van der Waals surface area contributed by atoms with E-state index in [9.17, 15) is 8.42 Å². The van der Waals surface area contributed by atoms with Crippen molar-refractivity contribution in [2.45, 2.75) is 24.3 Å². The molecular formula is C9H16BrN3O3S. The first-order chi connectivity index (χ1) is 8.01. The lowest BCUT2D eigenvalue weighted by Crippen LogP contribution is -2.38. The molecule has 0 spiro atoms. The number of hydrogen-bond acceptors (Lipinski definition) is 4. The van der Waals surface area contributed by atoms with Gasteiger partial charge >= 0.3 is 0 Å². The van der Waals surface area contributed by atoms with Gasteiger partial charge in [0.05, 0.1) is 18.5 Å². The van der Waals surface area contributed by atoms with E-state index in [4.69, 9.17) is 4.74 Å². The zero-order valence-electron chi connectivity index (χ0n) is 9.73. The van der Waals surface area contributed by atoms with Crippen molar-refractivity contribution in [2.24, 2.45) is 0 Å². The molecule has 0 aromatic carbocycles. The van der Waals surface area contributed by atoms with E-state index in [-0.39, 0.29) is 10.9 Å². The Morgan fingerprint density at radius 3 is 2.82 bits per heavy atom. The highest BCUT2D eigenvalue weighted by Gasteiger charge is 2.22. The summed E-state index contributed by atoms with van der Waals surface area (Å²) in [6.45, 7) is 2.00. The number of nitrogens with zero attached hydrogens (tertiary/aromatic N) is 1. The minimum Gasteiger partial charge on any atom is -0.383 e. The van der Waals surface area contributed by atoms with Gasteiger partial charge < -0.3 is 4.74 Å². The van der Waals surface area contributed by atoms with Gasteiger partial charge in [-0.05, 0) is 13.3 Å². The van der Waals surface area contributed by atoms with Crippen molar-refractivity contribution in [1.82, 2.24) is 14.9 Å². The van der Waals surface area contributed by atoms with Gasteiger partial charge in [-0.1, -0.05) is 15.9 Å². The molecule has 8 heteroatoms. The number of aromatic amines is 1. The van der Waals surface area contributed by atoms with Crippen LogP contribution in [0.2, 0.25) is 0 Å². The number of ether oxygens (including phenoxy) is 1. The lowest BCUT2D eigenvalue weighted by atomic mass is 10.3. The van der Waals surface area contributed by atoms with E-state index >= 15 is 0 Å². The van der Waals surface area contributed by atoms with Crippen molar-refractivity contribution in [3.05, 3.63) is 11.9 Å². The molecule has 1 aromatic heterocycles. The molecule has 1 aromatic rings. The van der Waals surface area contributed by atoms with Crippen molar-refractivity contribution in [1.29, 1.82) is 0 Å². The van der Waals surface area contributed by atoms with Crippen LogP contribution in [0.5, 0.6) is 0 Å². The highest BCUT2D eigenvalue weighted by atomic mass is 79.9. The van der Waals surface area contributed by atoms with Crippen molar-refractivity contribution in [3.8, 4) is 0 Å². The number of alkyl halides is 1. The molecule has 17 heavy (non-hydrogen) atoms. The second kappa shape index (κ2) is 6.48. The number of aryl methyl sites for hydroxylation is 1. The third-order valence-corrected chi connectivity index (χ3v) is 4.31. The smallest absolute Gasteiger partial charge is 0.244 e. The number of halogens is 1. The Morgan fingerprint density at radius 1 is 1.65 bits per heavy atom. The predicted octanol–water partition coefficient (Wildman–Crippen LogP) is 0.796. The van der Waals surface area contributed by atoms with Gasteiger partial charge in [0.15, 0.2) is 0 Å². The summed E-state index contributed by atoms with van der Waals surface area (Å²) in [5, 5.41) is 7.01. The summed E-state index contributed by atoms with van der Waals surface area (Å²) in [5.41, 5.74) is 0.521. The number of rotatable bonds is 7. The molecule has 1 heterocycles. The largest absolute Gasteiger partial charge is 0.383 e. The number of hydrogen-bond donors (Lipinski definition) is 2. The van der Waals surface area contributed by atoms with Crippen molar-refractivity contribution in [2.75, 3.05) is 19.0 Å². The quantitative estimate of drug-likeness (QED) is 0.726. The van der Waals surface area contributed by atoms with Crippen molar-refractivity contribution in [3.63, 3.8) is 0 Å². The van der Waals surface area contributed by atoms with Crippen LogP contribution in [0.25, 0.3) is 0 Å². The summed E-state index contributed by atoms with van der Waals surface area (Å²) in [7, 11) is -2.00. The molecule has 98 valence electrons. The molecule has 0 aliphatic rings. The standard InChI is InChI=1S/C9H16BrN3O3S/c1-7-9(5-11-12-7)17(14,15)13-8(3-4-10)6-16-2/h5,8,13H,3-4,6H2,1-2H3,(H,11,12). The molecule has 0 fully saturated rings. The topological polar surface area (TPSA) is 84.1 Å². The Labute approximate surface area is 109 Å². The minimum atomic E-state index is -3.54. The molecule has 0 amide bonds. The summed E-state index contributed by atoms with van der Waals surface area (Å²) in [5.74, 6) is 0. The molecular weight excluding hydrogens is 310 g/mol. The van der Waals surface area contributed by atoms with Gasteiger partial charge in [-0.2, -0.15) is 5.10 Å². The second-order valence-corrected chi connectivity index (χ2v) is 6.09. The third kappa shape index (κ3) is 4.06. The predicted molar refractivity (Wildman–Crippen MR) is 67.7 cm³/mol. The maximum absolute atomic E-state index is 12.0. The molecule has 0 saturated carbocycles. The first-order valence-corrected chi connectivity index (χ1v) is 7.69. The maximum atomic E-state index is 12.0. The monoisotopic (exact) mass is 325 g/mol. The molecule has 1 rings (SSSR count). The van der Waals surface area contributed by atoms with Crippen molar-refractivity contribution < 1.29 is 13.2 Å². The molecule has 0 aliphatic carbocycles. The fourth-order valence-corrected chi connectivity index (χ4v) is 3.35. The van der Waals surface area contributed by atoms with E-state index in [1.807, 2.05) is 0 Å². The molecule has 0 aliphatic heterocycles. The van der Waals surface area contributed by atoms with E-state index in [1.165, 1.54) is 6.20 Å². The summed E-state index contributed by atoms with van der Waals surface area (Å²) >= 11 is 3.28. The fourth-order valence-electron chi connectivity index (χ4n) is 1.40. The number of H-pyrrole nitrogens is 1. The Morgan fingerprint density at radius 2 is 2.35 bits per heavy atom. The lowest BCUT2D eigenvalue weighted by Gasteiger charge is -2.16. The highest BCUT2D eigenvalue weighted by molar-refractivity contribution is 9.09. The Bertz CT molecular complexity index is 440. The maximum Gasteiger partial charge on any atom is 0.244 e. The van der Waals surface area contributed by atoms with Crippen LogP contribution in [0, 0.1) is 6.92 Å². The van der Waals surface area contributed by atoms with Gasteiger partial charge in [-0.25, -0.2) is 13.1 Å². The average Bonchev–Trinajstić information content (AvgIpc) is 2.65. The third-order valence-electron chi connectivity index (χ3n) is 2.22. The van der Waals surface area contributed by atoms with Gasteiger partial charge in [0.1, 0.15) is 4.90 Å². The van der Waals surface area contributed by atoms with E-state index in [0.717, 1.165) is 0 Å². The Balaban J connectivity index is 2.81. The zero-order valence-corrected chi connectivity index (χ0v) is 12.1. The molecule has 1 atom stereocenters. The highest BCUT2D eigenvalue weighted by Crippen LogP contribution is 2.12. The molecule has 0 radical (unpaired) electrons. The SMILES string of the molecule is COCC(CCBr)NS(=O)(=O)c1cn[nH]c1C. The fraction of sp³-hybridized carbons (Fsp3) is 0.667. The van der Waals surface area contributed by atoms with Crippen LogP contribution in [-0.4, -0.2) is 43.7 Å². The first-order valence-electron chi connectivity index (χ1n) is 5.08. The van der Waals surface area contributed by atoms with Gasteiger partial charge in [-0.3, -0.25) is 5.10 Å². The normalized spacial score (nSPS) is 13.8. The summed E-state index contributed by atoms with van der Waals surface area (Å²) in [6, 6.07) is -0.251. The lowest BCUT2D eigenvalue weighted by molar-refractivity contribution is 0.173. The number of sulfonamides is 1. The van der Waals surface area contributed by atoms with E-state index in [0.29, 0.717) is 24.1 Å². The molecule has 0 saturated heterocycles. The summed E-state index contributed by atoms with van der Waals surface area (Å²) in [4.78, 5) is 0.174. The van der Waals surface area contributed by atoms with Crippen LogP contribution in [0.4, 0.5) is 0 Å². The minimum absolute atomic E-state index is 0.174. The molecule has 1 unspecified atom stereocenters. The van der Waals surface area contributed by atoms with Gasteiger partial charge in [0.25, 0.3) is 0 Å². The van der Waals surface area contributed by atoms with Crippen LogP contribution >= 0.6 is 15.9 Å². The van der Waals surface area contributed by atoms with Crippen molar-refractivity contribution >= 4 is 26.0 Å². The van der Waals surface area contributed by atoms with Gasteiger partial charge in [0.2, 0.25) is 10.0 Å². The summed E-state index contributed by atoms with van der Waals surface area (Å²) < 4.78 is 31.6. The molecule has 0 bridgehead atoms. The van der Waals surface area contributed by atoms with E-state index in [1.54, 1.807) is 14.0 Å². The Kier molecular flexibility index (Phi) is 5.57. The van der Waals surface area contributed by atoms with Gasteiger partial charge in [0, 0.05) is 18.5 Å². The average molecular weight is 326 g/mol. The number of nitrogens with one attached hydrogen (secondary N) is 2. The van der Waals surface area contributed by atoms with Crippen LogP contribution in [-0.2, 0) is 14.8 Å². The molecule has 6 nitrogen and oxygen atoms in total. The second-order valence-electron chi connectivity index (χ2n) is 3.61. The molecule has 2 N–H and O–H groups in total. The van der Waals surface area contributed by atoms with Crippen LogP contribution < -0.4 is 4.72 Å².